The van der Waals surface area contributed by atoms with Crippen molar-refractivity contribution >= 4 is 0 Å². The summed E-state index contributed by atoms with van der Waals surface area (Å²) < 4.78 is 1.99. The predicted octanol–water partition coefficient (Wildman–Crippen LogP) is 3.55. The van der Waals surface area contributed by atoms with Crippen LogP contribution in [0.25, 0.3) is 0 Å². The van der Waals surface area contributed by atoms with Crippen LogP contribution >= 0.6 is 0 Å². The van der Waals surface area contributed by atoms with Gasteiger partial charge in [0.15, 0.2) is 0 Å². The zero-order valence-corrected chi connectivity index (χ0v) is 12.8. The molecule has 0 saturated carbocycles. The lowest BCUT2D eigenvalue weighted by molar-refractivity contribution is 0.592. The summed E-state index contributed by atoms with van der Waals surface area (Å²) in [5.41, 5.74) is 4.03. The van der Waals surface area contributed by atoms with E-state index < -0.39 is 0 Å². The molecule has 3 heteroatoms. The molecule has 1 unspecified atom stereocenters. The Bertz CT molecular complexity index is 531. The molecule has 0 fully saturated rings. The Hall–Kier alpha value is -1.61. The van der Waals surface area contributed by atoms with Gasteiger partial charge in [-0.05, 0) is 37.4 Å². The van der Waals surface area contributed by atoms with Crippen molar-refractivity contribution in [1.82, 2.24) is 15.1 Å². The van der Waals surface area contributed by atoms with E-state index in [0.717, 1.165) is 25.9 Å². The molecule has 20 heavy (non-hydrogen) atoms. The fraction of sp³-hybridized carbons (Fsp3) is 0.471. The topological polar surface area (TPSA) is 29.9 Å². The molecule has 3 nitrogen and oxygen atoms in total. The Labute approximate surface area is 122 Å². The number of hydrogen-bond donors (Lipinski definition) is 1. The van der Waals surface area contributed by atoms with Gasteiger partial charge in [-0.3, -0.25) is 4.68 Å². The van der Waals surface area contributed by atoms with Crippen molar-refractivity contribution in [1.29, 1.82) is 0 Å². The molecule has 108 valence electrons. The maximum Gasteiger partial charge on any atom is 0.0610 e. The van der Waals surface area contributed by atoms with Gasteiger partial charge in [0.2, 0.25) is 0 Å². The van der Waals surface area contributed by atoms with Gasteiger partial charge in [0.25, 0.3) is 0 Å². The summed E-state index contributed by atoms with van der Waals surface area (Å²) in [4.78, 5) is 0. The minimum absolute atomic E-state index is 0.242. The standard InChI is InChI=1S/C17H25N3/c1-4-11-18-17(15-12-19-20(6-3)13-15)16-10-8-7-9-14(16)5-2/h7-10,12-13,17-18H,4-6,11H2,1-3H3. The molecule has 0 saturated heterocycles. The highest BCUT2D eigenvalue weighted by Gasteiger charge is 2.17. The monoisotopic (exact) mass is 271 g/mol. The highest BCUT2D eigenvalue weighted by Crippen LogP contribution is 2.25. The molecule has 1 aromatic carbocycles. The molecule has 0 aliphatic rings. The van der Waals surface area contributed by atoms with Crippen LogP contribution in [0.5, 0.6) is 0 Å². The maximum absolute atomic E-state index is 4.42. The molecule has 0 amide bonds. The first-order chi connectivity index (χ1) is 9.80. The van der Waals surface area contributed by atoms with Crippen molar-refractivity contribution in [3.05, 3.63) is 53.3 Å². The van der Waals surface area contributed by atoms with Crippen LogP contribution in [0.2, 0.25) is 0 Å². The second-order valence-electron chi connectivity index (χ2n) is 5.07. The van der Waals surface area contributed by atoms with Gasteiger partial charge in [0.1, 0.15) is 0 Å². The third-order valence-electron chi connectivity index (χ3n) is 3.66. The summed E-state index contributed by atoms with van der Waals surface area (Å²) in [6.07, 6.45) is 6.33. The van der Waals surface area contributed by atoms with E-state index in [1.54, 1.807) is 0 Å². The van der Waals surface area contributed by atoms with Gasteiger partial charge < -0.3 is 5.32 Å². The van der Waals surface area contributed by atoms with Crippen LogP contribution in [0.3, 0.4) is 0 Å². The van der Waals surface area contributed by atoms with E-state index in [1.807, 2.05) is 10.9 Å². The SMILES string of the molecule is CCCNC(c1cnn(CC)c1)c1ccccc1CC. The Balaban J connectivity index is 2.35. The Morgan fingerprint density at radius 3 is 2.65 bits per heavy atom. The lowest BCUT2D eigenvalue weighted by Crippen LogP contribution is -2.24. The van der Waals surface area contributed by atoms with Crippen molar-refractivity contribution < 1.29 is 0 Å². The number of nitrogens with zero attached hydrogens (tertiary/aromatic N) is 2. The van der Waals surface area contributed by atoms with Gasteiger partial charge in [-0.15, -0.1) is 0 Å². The molecule has 0 radical (unpaired) electrons. The Morgan fingerprint density at radius 2 is 2.00 bits per heavy atom. The van der Waals surface area contributed by atoms with Gasteiger partial charge in [-0.2, -0.15) is 5.10 Å². The molecule has 0 bridgehead atoms. The van der Waals surface area contributed by atoms with Crippen LogP contribution in [0.1, 0.15) is 49.9 Å². The van der Waals surface area contributed by atoms with Gasteiger partial charge in [-0.25, -0.2) is 0 Å². The molecular formula is C17H25N3. The first-order valence-corrected chi connectivity index (χ1v) is 7.63. The van der Waals surface area contributed by atoms with Gasteiger partial charge in [0.05, 0.1) is 12.2 Å². The van der Waals surface area contributed by atoms with E-state index in [4.69, 9.17) is 0 Å². The van der Waals surface area contributed by atoms with Gasteiger partial charge >= 0.3 is 0 Å². The molecule has 1 heterocycles. The minimum Gasteiger partial charge on any atom is -0.306 e. The number of benzene rings is 1. The van der Waals surface area contributed by atoms with Crippen molar-refractivity contribution in [2.24, 2.45) is 0 Å². The zero-order valence-electron chi connectivity index (χ0n) is 12.8. The summed E-state index contributed by atoms with van der Waals surface area (Å²) in [5, 5.41) is 8.08. The normalized spacial score (nSPS) is 12.6. The second-order valence-corrected chi connectivity index (χ2v) is 5.07. The Kier molecular flexibility index (Phi) is 5.36. The maximum atomic E-state index is 4.42. The van der Waals surface area contributed by atoms with E-state index >= 15 is 0 Å². The van der Waals surface area contributed by atoms with Crippen LogP contribution in [0.4, 0.5) is 0 Å². The highest BCUT2D eigenvalue weighted by molar-refractivity contribution is 5.36. The average molecular weight is 271 g/mol. The van der Waals surface area contributed by atoms with Gasteiger partial charge in [0, 0.05) is 18.3 Å². The Morgan fingerprint density at radius 1 is 1.20 bits per heavy atom. The summed E-state index contributed by atoms with van der Waals surface area (Å²) in [6.45, 7) is 8.46. The fourth-order valence-electron chi connectivity index (χ4n) is 2.54. The first kappa shape index (κ1) is 14.8. The van der Waals surface area contributed by atoms with Crippen molar-refractivity contribution in [3.63, 3.8) is 0 Å². The zero-order chi connectivity index (χ0) is 14.4. The molecule has 0 aliphatic heterocycles. The van der Waals surface area contributed by atoms with E-state index in [0.29, 0.717) is 0 Å². The summed E-state index contributed by atoms with van der Waals surface area (Å²) in [6, 6.07) is 8.94. The largest absolute Gasteiger partial charge is 0.306 e. The number of aromatic nitrogens is 2. The summed E-state index contributed by atoms with van der Waals surface area (Å²) in [7, 11) is 0. The summed E-state index contributed by atoms with van der Waals surface area (Å²) >= 11 is 0. The van der Waals surface area contributed by atoms with E-state index in [2.05, 4.69) is 61.6 Å². The smallest absolute Gasteiger partial charge is 0.0610 e. The third-order valence-corrected chi connectivity index (χ3v) is 3.66. The minimum atomic E-state index is 0.242. The molecule has 2 aromatic rings. The highest BCUT2D eigenvalue weighted by atomic mass is 15.3. The predicted molar refractivity (Wildman–Crippen MR) is 83.9 cm³/mol. The quantitative estimate of drug-likeness (QED) is 0.834. The number of aryl methyl sites for hydroxylation is 2. The number of hydrogen-bond acceptors (Lipinski definition) is 2. The van der Waals surface area contributed by atoms with Crippen molar-refractivity contribution in [3.8, 4) is 0 Å². The number of nitrogens with one attached hydrogen (secondary N) is 1. The van der Waals surface area contributed by atoms with Crippen LogP contribution in [-0.4, -0.2) is 16.3 Å². The van der Waals surface area contributed by atoms with Crippen LogP contribution in [0.15, 0.2) is 36.7 Å². The molecule has 1 aromatic heterocycles. The lowest BCUT2D eigenvalue weighted by Gasteiger charge is -2.20. The molecular weight excluding hydrogens is 246 g/mol. The van der Waals surface area contributed by atoms with Crippen LogP contribution in [0, 0.1) is 0 Å². The second kappa shape index (κ2) is 7.25. The van der Waals surface area contributed by atoms with Crippen molar-refractivity contribution in [2.45, 2.75) is 46.2 Å². The lowest BCUT2D eigenvalue weighted by atomic mass is 9.95. The average Bonchev–Trinajstić information content (AvgIpc) is 2.97. The van der Waals surface area contributed by atoms with E-state index in [9.17, 15) is 0 Å². The fourth-order valence-corrected chi connectivity index (χ4v) is 2.54. The van der Waals surface area contributed by atoms with E-state index in [1.165, 1.54) is 16.7 Å². The first-order valence-electron chi connectivity index (χ1n) is 7.63. The third kappa shape index (κ3) is 3.28. The molecule has 2 rings (SSSR count). The summed E-state index contributed by atoms with van der Waals surface area (Å²) in [5.74, 6) is 0. The number of rotatable bonds is 7. The van der Waals surface area contributed by atoms with Crippen LogP contribution in [-0.2, 0) is 13.0 Å². The van der Waals surface area contributed by atoms with Gasteiger partial charge in [-0.1, -0.05) is 38.1 Å². The molecule has 1 N–H and O–H groups in total. The van der Waals surface area contributed by atoms with E-state index in [-0.39, 0.29) is 6.04 Å². The van der Waals surface area contributed by atoms with Crippen LogP contribution < -0.4 is 5.32 Å². The molecule has 0 spiro atoms. The van der Waals surface area contributed by atoms with Crippen molar-refractivity contribution in [2.75, 3.05) is 6.54 Å². The molecule has 1 atom stereocenters. The molecule has 0 aliphatic carbocycles.